The average molecular weight is 341 g/mol. The minimum atomic E-state index is -0.654. The van der Waals surface area contributed by atoms with E-state index in [9.17, 15) is 9.90 Å². The summed E-state index contributed by atoms with van der Waals surface area (Å²) in [7, 11) is 1.37. The predicted molar refractivity (Wildman–Crippen MR) is 82.3 cm³/mol. The number of aliphatic hydroxyl groups excluding tert-OH is 1. The molecule has 0 aliphatic carbocycles. The number of ether oxygens (including phenoxy) is 1. The van der Waals surface area contributed by atoms with Gasteiger partial charge in [0.05, 0.1) is 0 Å². The summed E-state index contributed by atoms with van der Waals surface area (Å²) in [6, 6.07) is 9.80. The summed E-state index contributed by atoms with van der Waals surface area (Å²) in [5.41, 5.74) is 1.22. The van der Waals surface area contributed by atoms with E-state index in [2.05, 4.69) is 6.08 Å². The summed E-state index contributed by atoms with van der Waals surface area (Å²) < 4.78 is 5.93. The first-order valence-electron chi connectivity index (χ1n) is 6.65. The minimum absolute atomic E-state index is 0.126. The third-order valence-electron chi connectivity index (χ3n) is 2.80. The number of aliphatic hydroxyl groups is 1. The van der Waals surface area contributed by atoms with Crippen molar-refractivity contribution >= 4 is 25.4 Å². The van der Waals surface area contributed by atoms with Crippen LogP contribution in [0.1, 0.15) is 26.7 Å². The second-order valence-corrected chi connectivity index (χ2v) is 7.35. The predicted octanol–water partition coefficient (Wildman–Crippen LogP) is 2.08. The molecule has 0 aliphatic rings. The Morgan fingerprint density at radius 3 is 2.55 bits per heavy atom. The first-order chi connectivity index (χ1) is 9.54. The van der Waals surface area contributed by atoms with Gasteiger partial charge in [-0.3, -0.25) is 0 Å². The summed E-state index contributed by atoms with van der Waals surface area (Å²) in [5.74, 6) is -0.321. The first kappa shape index (κ1) is 17.0. The number of methoxy groups -OCH3 is 1. The topological polar surface area (TPSA) is 46.5 Å². The van der Waals surface area contributed by atoms with Gasteiger partial charge in [0.25, 0.3) is 0 Å². The molecule has 2 atom stereocenters. The fourth-order valence-electron chi connectivity index (χ4n) is 1.74. The number of allylic oxidation sites excluding steroid dienone is 2. The van der Waals surface area contributed by atoms with Gasteiger partial charge in [-0.05, 0) is 0 Å². The second kappa shape index (κ2) is 8.96. The van der Waals surface area contributed by atoms with Crippen LogP contribution in [0.5, 0.6) is 0 Å². The van der Waals surface area contributed by atoms with Crippen LogP contribution in [0, 0.1) is 0 Å². The van der Waals surface area contributed by atoms with Gasteiger partial charge >= 0.3 is 127 Å². The monoisotopic (exact) mass is 342 g/mol. The number of carbonyl (C=O) groups excluding carboxylic acids is 1. The van der Waals surface area contributed by atoms with E-state index < -0.39 is 10.9 Å². The van der Waals surface area contributed by atoms with E-state index >= 15 is 0 Å². The van der Waals surface area contributed by atoms with Gasteiger partial charge in [-0.1, -0.05) is 0 Å². The molecule has 0 aliphatic heterocycles. The Balaban J connectivity index is 2.68. The molecule has 0 spiro atoms. The third-order valence-corrected chi connectivity index (χ3v) is 5.54. The molecule has 0 aromatic heterocycles. The van der Waals surface area contributed by atoms with Crippen LogP contribution in [-0.2, 0) is 9.53 Å². The molecule has 1 aromatic carbocycles. The molecular weight excluding hydrogens is 319 g/mol. The van der Waals surface area contributed by atoms with Crippen molar-refractivity contribution in [1.82, 2.24) is 0 Å². The van der Waals surface area contributed by atoms with E-state index in [0.717, 1.165) is 10.9 Å². The SMILES string of the molecule is COC(=O)[C@H]([Se]c1ccccc1)[C@@H](O)CCC=C(C)C. The molecule has 0 heterocycles. The van der Waals surface area contributed by atoms with Crippen molar-refractivity contribution in [2.45, 2.75) is 37.6 Å². The quantitative estimate of drug-likeness (QED) is 0.469. The molecule has 110 valence electrons. The maximum absolute atomic E-state index is 11.9. The summed E-state index contributed by atoms with van der Waals surface area (Å²) in [6.07, 6.45) is 2.78. The zero-order valence-electron chi connectivity index (χ0n) is 12.2. The molecule has 1 rings (SSSR count). The van der Waals surface area contributed by atoms with E-state index in [4.69, 9.17) is 4.74 Å². The molecule has 1 aromatic rings. The second-order valence-electron chi connectivity index (χ2n) is 4.80. The number of rotatable bonds is 7. The summed E-state index contributed by atoms with van der Waals surface area (Å²) in [4.78, 5) is 11.4. The first-order valence-corrected chi connectivity index (χ1v) is 8.50. The standard InChI is InChI=1S/C16H22O3Se/c1-12(2)8-7-11-14(17)15(16(18)19-3)20-13-9-5-4-6-10-13/h4-6,8-10,14-15,17H,7,11H2,1-3H3/t14-,15+/m0/s1. The number of hydrogen-bond acceptors (Lipinski definition) is 3. The van der Waals surface area contributed by atoms with E-state index in [1.807, 2.05) is 44.2 Å². The Morgan fingerprint density at radius 2 is 2.00 bits per heavy atom. The molecule has 0 unspecified atom stereocenters. The molecule has 0 fully saturated rings. The molecule has 0 bridgehead atoms. The molecular formula is C16H22O3Se. The van der Waals surface area contributed by atoms with Gasteiger partial charge in [-0.2, -0.15) is 0 Å². The maximum atomic E-state index is 11.9. The third kappa shape index (κ3) is 5.91. The van der Waals surface area contributed by atoms with Crippen molar-refractivity contribution in [3.05, 3.63) is 42.0 Å². The molecule has 0 saturated heterocycles. The number of carbonyl (C=O) groups is 1. The van der Waals surface area contributed by atoms with Gasteiger partial charge in [-0.25, -0.2) is 0 Å². The molecule has 1 N–H and O–H groups in total. The fraction of sp³-hybridized carbons (Fsp3) is 0.438. The van der Waals surface area contributed by atoms with Crippen LogP contribution in [0.15, 0.2) is 42.0 Å². The van der Waals surface area contributed by atoms with Gasteiger partial charge in [0.1, 0.15) is 0 Å². The Morgan fingerprint density at radius 1 is 1.35 bits per heavy atom. The zero-order valence-corrected chi connectivity index (χ0v) is 13.9. The van der Waals surface area contributed by atoms with E-state index in [1.54, 1.807) is 0 Å². The number of hydrogen-bond donors (Lipinski definition) is 1. The summed E-state index contributed by atoms with van der Waals surface area (Å²) >= 11 is -0.126. The van der Waals surface area contributed by atoms with Crippen molar-refractivity contribution in [1.29, 1.82) is 0 Å². The van der Waals surface area contributed by atoms with Gasteiger partial charge in [0.15, 0.2) is 0 Å². The number of benzene rings is 1. The normalized spacial score (nSPS) is 13.4. The van der Waals surface area contributed by atoms with Crippen LogP contribution in [0.4, 0.5) is 0 Å². The van der Waals surface area contributed by atoms with Crippen LogP contribution >= 0.6 is 0 Å². The van der Waals surface area contributed by atoms with Crippen LogP contribution in [0.25, 0.3) is 0 Å². The van der Waals surface area contributed by atoms with Crippen LogP contribution in [-0.4, -0.2) is 39.2 Å². The molecule has 0 radical (unpaired) electrons. The zero-order chi connectivity index (χ0) is 15.0. The van der Waals surface area contributed by atoms with Gasteiger partial charge in [0, 0.05) is 0 Å². The van der Waals surface area contributed by atoms with Crippen LogP contribution in [0.2, 0.25) is 4.82 Å². The van der Waals surface area contributed by atoms with Crippen molar-refractivity contribution in [3.8, 4) is 0 Å². The van der Waals surface area contributed by atoms with Crippen molar-refractivity contribution in [2.75, 3.05) is 7.11 Å². The Kier molecular flexibility index (Phi) is 7.60. The molecule has 3 nitrogen and oxygen atoms in total. The van der Waals surface area contributed by atoms with Gasteiger partial charge in [0.2, 0.25) is 0 Å². The number of esters is 1. The van der Waals surface area contributed by atoms with Gasteiger partial charge in [-0.15, -0.1) is 0 Å². The van der Waals surface area contributed by atoms with E-state index in [1.165, 1.54) is 12.7 Å². The summed E-state index contributed by atoms with van der Waals surface area (Å²) in [6.45, 7) is 4.05. The molecule has 0 saturated carbocycles. The average Bonchev–Trinajstić information content (AvgIpc) is 2.44. The van der Waals surface area contributed by atoms with Crippen LogP contribution < -0.4 is 4.46 Å². The molecule has 0 amide bonds. The summed E-state index contributed by atoms with van der Waals surface area (Å²) in [5, 5.41) is 10.3. The molecule has 20 heavy (non-hydrogen) atoms. The Bertz CT molecular complexity index is 438. The van der Waals surface area contributed by atoms with Crippen molar-refractivity contribution in [3.63, 3.8) is 0 Å². The van der Waals surface area contributed by atoms with Crippen molar-refractivity contribution in [2.24, 2.45) is 0 Å². The Labute approximate surface area is 127 Å². The Hall–Kier alpha value is -1.09. The van der Waals surface area contributed by atoms with Crippen molar-refractivity contribution < 1.29 is 14.6 Å². The molecule has 4 heteroatoms. The van der Waals surface area contributed by atoms with E-state index in [0.29, 0.717) is 6.42 Å². The van der Waals surface area contributed by atoms with Gasteiger partial charge < -0.3 is 0 Å². The van der Waals surface area contributed by atoms with E-state index in [-0.39, 0.29) is 20.9 Å². The fourth-order valence-corrected chi connectivity index (χ4v) is 4.03. The van der Waals surface area contributed by atoms with Crippen LogP contribution in [0.3, 0.4) is 0 Å².